The van der Waals surface area contributed by atoms with Crippen molar-refractivity contribution in [3.8, 4) is 11.5 Å². The Labute approximate surface area is 193 Å². The molecule has 1 unspecified atom stereocenters. The normalized spacial score (nSPS) is 17.0. The van der Waals surface area contributed by atoms with Gasteiger partial charge >= 0.3 is 0 Å². The zero-order valence-electron chi connectivity index (χ0n) is 18.3. The highest BCUT2D eigenvalue weighted by atomic mass is 127. The number of likely N-dealkylation sites (N-methyl/N-ethyl adjacent to an activating group) is 1. The second kappa shape index (κ2) is 14.7. The summed E-state index contributed by atoms with van der Waals surface area (Å²) in [4.78, 5) is 9.61. The Bertz CT molecular complexity index is 602. The molecule has 1 heterocycles. The van der Waals surface area contributed by atoms with Crippen molar-refractivity contribution in [2.24, 2.45) is 4.99 Å². The average molecular weight is 519 g/mol. The van der Waals surface area contributed by atoms with Gasteiger partial charge in [0.2, 0.25) is 0 Å². The maximum Gasteiger partial charge on any atom is 0.191 e. The molecule has 0 radical (unpaired) electrons. The van der Waals surface area contributed by atoms with Crippen molar-refractivity contribution in [2.45, 2.75) is 26.4 Å². The largest absolute Gasteiger partial charge is 0.493 e. The van der Waals surface area contributed by atoms with Crippen molar-refractivity contribution < 1.29 is 9.47 Å². The number of para-hydroxylation sites is 2. The van der Waals surface area contributed by atoms with Crippen molar-refractivity contribution in [3.05, 3.63) is 24.3 Å². The van der Waals surface area contributed by atoms with Crippen molar-refractivity contribution in [1.82, 2.24) is 20.4 Å². The van der Waals surface area contributed by atoms with E-state index in [-0.39, 0.29) is 30.1 Å². The molecule has 0 aromatic heterocycles. The van der Waals surface area contributed by atoms with E-state index < -0.39 is 0 Å². The average Bonchev–Trinajstić information content (AvgIpc) is 2.90. The molecule has 0 spiro atoms. The lowest BCUT2D eigenvalue weighted by Gasteiger charge is -2.21. The van der Waals surface area contributed by atoms with Crippen molar-refractivity contribution >= 4 is 29.9 Å². The summed E-state index contributed by atoms with van der Waals surface area (Å²) in [6, 6.07) is 7.70. The second-order valence-corrected chi connectivity index (χ2v) is 7.22. The van der Waals surface area contributed by atoms with E-state index in [0.29, 0.717) is 6.54 Å². The van der Waals surface area contributed by atoms with E-state index in [1.54, 1.807) is 7.11 Å². The molecule has 166 valence electrons. The number of rotatable bonds is 9. The molecule has 0 aliphatic carbocycles. The first-order valence-electron chi connectivity index (χ1n) is 10.3. The number of ether oxygens (including phenoxy) is 2. The van der Waals surface area contributed by atoms with E-state index in [1.807, 2.05) is 31.2 Å². The van der Waals surface area contributed by atoms with Crippen LogP contribution in [0.4, 0.5) is 0 Å². The Balaban J connectivity index is 0.00000420. The monoisotopic (exact) mass is 519 g/mol. The number of benzene rings is 1. The van der Waals surface area contributed by atoms with Gasteiger partial charge in [0, 0.05) is 32.7 Å². The van der Waals surface area contributed by atoms with Gasteiger partial charge in [-0.3, -0.25) is 0 Å². The number of nitrogens with one attached hydrogen (secondary N) is 2. The highest BCUT2D eigenvalue weighted by Crippen LogP contribution is 2.26. The molecular weight excluding hydrogens is 481 g/mol. The fourth-order valence-electron chi connectivity index (χ4n) is 3.19. The third kappa shape index (κ3) is 9.86. The number of nitrogens with zero attached hydrogens (tertiary/aromatic N) is 3. The lowest BCUT2D eigenvalue weighted by atomic mass is 10.3. The van der Waals surface area contributed by atoms with Gasteiger partial charge in [-0.05, 0) is 52.5 Å². The quantitative estimate of drug-likeness (QED) is 0.297. The van der Waals surface area contributed by atoms with Crippen LogP contribution in [0.1, 0.15) is 20.3 Å². The van der Waals surface area contributed by atoms with Crippen LogP contribution in [0.25, 0.3) is 0 Å². The molecule has 1 fully saturated rings. The molecule has 1 aliphatic rings. The van der Waals surface area contributed by atoms with Crippen LogP contribution >= 0.6 is 24.0 Å². The van der Waals surface area contributed by atoms with Gasteiger partial charge in [0.15, 0.2) is 17.5 Å². The Morgan fingerprint density at radius 1 is 1.14 bits per heavy atom. The molecule has 1 aromatic carbocycles. The summed E-state index contributed by atoms with van der Waals surface area (Å²) in [6.45, 7) is 12.1. The van der Waals surface area contributed by atoms with Crippen molar-refractivity contribution in [2.75, 3.05) is 66.5 Å². The molecule has 1 atom stereocenters. The third-order valence-corrected chi connectivity index (χ3v) is 4.78. The number of guanidine groups is 1. The Kier molecular flexibility index (Phi) is 13.0. The van der Waals surface area contributed by atoms with Gasteiger partial charge in [0.25, 0.3) is 0 Å². The summed E-state index contributed by atoms with van der Waals surface area (Å²) >= 11 is 0. The van der Waals surface area contributed by atoms with Gasteiger partial charge in [-0.25, -0.2) is 4.99 Å². The standard InChI is InChI=1S/C21H37N5O2.HI/c1-5-22-21(23-11-14-26-13-8-12-25(3)15-16-26)24-17-18(2)28-20-10-7-6-9-19(20)27-4;/h6-7,9-10,18H,5,8,11-17H2,1-4H3,(H2,22,23,24);1H. The Morgan fingerprint density at radius 3 is 2.62 bits per heavy atom. The van der Waals surface area contributed by atoms with Crippen LogP contribution in [0, 0.1) is 0 Å². The van der Waals surface area contributed by atoms with Crippen LogP contribution in [-0.4, -0.2) is 88.4 Å². The van der Waals surface area contributed by atoms with Crippen LogP contribution in [-0.2, 0) is 0 Å². The Hall–Kier alpha value is -1.26. The highest BCUT2D eigenvalue weighted by Gasteiger charge is 2.12. The van der Waals surface area contributed by atoms with E-state index in [0.717, 1.165) is 50.2 Å². The minimum atomic E-state index is -0.0482. The molecule has 29 heavy (non-hydrogen) atoms. The number of hydrogen-bond acceptors (Lipinski definition) is 5. The van der Waals surface area contributed by atoms with Crippen LogP contribution < -0.4 is 20.1 Å². The van der Waals surface area contributed by atoms with E-state index >= 15 is 0 Å². The molecule has 7 nitrogen and oxygen atoms in total. The second-order valence-electron chi connectivity index (χ2n) is 7.22. The smallest absolute Gasteiger partial charge is 0.191 e. The molecule has 0 amide bonds. The summed E-state index contributed by atoms with van der Waals surface area (Å²) in [5, 5.41) is 6.76. The topological polar surface area (TPSA) is 61.4 Å². The van der Waals surface area contributed by atoms with Crippen molar-refractivity contribution in [3.63, 3.8) is 0 Å². The lowest BCUT2D eigenvalue weighted by molar-refractivity contribution is 0.219. The molecule has 8 heteroatoms. The van der Waals surface area contributed by atoms with Crippen LogP contribution in [0.5, 0.6) is 11.5 Å². The third-order valence-electron chi connectivity index (χ3n) is 4.78. The summed E-state index contributed by atoms with van der Waals surface area (Å²) < 4.78 is 11.3. The van der Waals surface area contributed by atoms with Gasteiger partial charge in [-0.15, -0.1) is 24.0 Å². The molecule has 0 bridgehead atoms. The first kappa shape index (κ1) is 25.8. The predicted molar refractivity (Wildman–Crippen MR) is 131 cm³/mol. The van der Waals surface area contributed by atoms with Gasteiger partial charge in [-0.2, -0.15) is 0 Å². The van der Waals surface area contributed by atoms with E-state index in [9.17, 15) is 0 Å². The number of halogens is 1. The zero-order valence-corrected chi connectivity index (χ0v) is 20.6. The molecule has 1 aromatic rings. The highest BCUT2D eigenvalue weighted by molar-refractivity contribution is 14.0. The fourth-order valence-corrected chi connectivity index (χ4v) is 3.19. The van der Waals surface area contributed by atoms with Gasteiger partial charge < -0.3 is 29.9 Å². The van der Waals surface area contributed by atoms with Gasteiger partial charge in [0.05, 0.1) is 13.7 Å². The predicted octanol–water partition coefficient (Wildman–Crippen LogP) is 2.27. The van der Waals surface area contributed by atoms with Crippen LogP contribution in [0.3, 0.4) is 0 Å². The fraction of sp³-hybridized carbons (Fsp3) is 0.667. The first-order valence-corrected chi connectivity index (χ1v) is 10.3. The van der Waals surface area contributed by atoms with E-state index in [1.165, 1.54) is 19.5 Å². The Morgan fingerprint density at radius 2 is 1.90 bits per heavy atom. The van der Waals surface area contributed by atoms with Crippen molar-refractivity contribution in [1.29, 1.82) is 0 Å². The maximum atomic E-state index is 5.99. The SMILES string of the molecule is CCNC(=NCC(C)Oc1ccccc1OC)NCCN1CCCN(C)CC1.I. The minimum Gasteiger partial charge on any atom is -0.493 e. The summed E-state index contributed by atoms with van der Waals surface area (Å²) in [6.07, 6.45) is 1.19. The number of hydrogen-bond donors (Lipinski definition) is 2. The summed E-state index contributed by atoms with van der Waals surface area (Å²) in [5.74, 6) is 2.33. The zero-order chi connectivity index (χ0) is 20.2. The minimum absolute atomic E-state index is 0. The summed E-state index contributed by atoms with van der Waals surface area (Å²) in [7, 11) is 3.85. The van der Waals surface area contributed by atoms with Gasteiger partial charge in [-0.1, -0.05) is 12.1 Å². The number of aliphatic imine (C=N–C) groups is 1. The molecule has 0 saturated carbocycles. The molecule has 2 N–H and O–H groups in total. The van der Waals surface area contributed by atoms with Crippen LogP contribution in [0.15, 0.2) is 29.3 Å². The molecular formula is C21H38IN5O2. The number of methoxy groups -OCH3 is 1. The maximum absolute atomic E-state index is 5.99. The lowest BCUT2D eigenvalue weighted by Crippen LogP contribution is -2.42. The molecule has 1 saturated heterocycles. The summed E-state index contributed by atoms with van der Waals surface area (Å²) in [5.41, 5.74) is 0. The van der Waals surface area contributed by atoms with Gasteiger partial charge in [0.1, 0.15) is 6.10 Å². The van der Waals surface area contributed by atoms with Crippen LogP contribution in [0.2, 0.25) is 0 Å². The first-order chi connectivity index (χ1) is 13.6. The van der Waals surface area contributed by atoms with E-state index in [2.05, 4.69) is 39.4 Å². The van der Waals surface area contributed by atoms with E-state index in [4.69, 9.17) is 9.47 Å². The molecule has 1 aliphatic heterocycles. The molecule has 2 rings (SSSR count).